The smallest absolute Gasteiger partial charge is 0.242 e. The topological polar surface area (TPSA) is 97.1 Å². The minimum Gasteiger partial charge on any atom is -0.350 e. The second-order valence-corrected chi connectivity index (χ2v) is 8.85. The number of carbonyl (C=O) groups is 2. The van der Waals surface area contributed by atoms with Crippen molar-refractivity contribution in [2.45, 2.75) is 59.7 Å². The first kappa shape index (κ1) is 22.0. The Morgan fingerprint density at radius 1 is 1.18 bits per heavy atom. The zero-order chi connectivity index (χ0) is 20.9. The van der Waals surface area contributed by atoms with Crippen molar-refractivity contribution in [1.29, 1.82) is 0 Å². The van der Waals surface area contributed by atoms with Crippen LogP contribution in [0.25, 0.3) is 10.4 Å². The molecule has 0 fully saturated rings. The molecular formula is C21H30N4O2S. The summed E-state index contributed by atoms with van der Waals surface area (Å²) in [6, 6.07) is 6.78. The summed E-state index contributed by atoms with van der Waals surface area (Å²) in [4.78, 5) is 30.2. The standard InChI is InChI=1S/C21H30N4O2S/c1-6-16(25-20(27)18(22)21(3,4)5)19(26)23-11-14-7-9-15(10-8-14)17-13(2)24-12-28-17/h7-10,12,16,18H,6,11,22H2,1-5H3,(H,23,26)(H,25,27)/t16-,18+/m0/s1. The number of rotatable bonds is 7. The maximum absolute atomic E-state index is 12.5. The van der Waals surface area contributed by atoms with Crippen molar-refractivity contribution in [2.24, 2.45) is 11.1 Å². The molecule has 2 aromatic rings. The van der Waals surface area contributed by atoms with Gasteiger partial charge >= 0.3 is 0 Å². The number of amides is 2. The van der Waals surface area contributed by atoms with Gasteiger partial charge in [-0.25, -0.2) is 4.98 Å². The third-order valence-corrected chi connectivity index (χ3v) is 5.66. The van der Waals surface area contributed by atoms with Crippen LogP contribution in [0.3, 0.4) is 0 Å². The Morgan fingerprint density at radius 2 is 1.82 bits per heavy atom. The lowest BCUT2D eigenvalue weighted by atomic mass is 9.87. The Labute approximate surface area is 170 Å². The van der Waals surface area contributed by atoms with Crippen molar-refractivity contribution in [3.8, 4) is 10.4 Å². The number of nitrogens with one attached hydrogen (secondary N) is 2. The lowest BCUT2D eigenvalue weighted by Crippen LogP contribution is -2.54. The summed E-state index contributed by atoms with van der Waals surface area (Å²) in [6.45, 7) is 9.95. The number of nitrogens with two attached hydrogens (primary N) is 1. The SMILES string of the molecule is CC[C@H](NC(=O)[C@@H](N)C(C)(C)C)C(=O)NCc1ccc(-c2scnc2C)cc1. The number of aryl methyl sites for hydroxylation is 1. The number of nitrogens with zero attached hydrogens (tertiary/aromatic N) is 1. The van der Waals surface area contributed by atoms with Crippen LogP contribution in [-0.4, -0.2) is 28.9 Å². The monoisotopic (exact) mass is 402 g/mol. The molecule has 2 rings (SSSR count). The van der Waals surface area contributed by atoms with E-state index in [1.807, 2.05) is 64.4 Å². The number of thiazole rings is 1. The molecule has 1 aromatic carbocycles. The van der Waals surface area contributed by atoms with E-state index in [-0.39, 0.29) is 17.2 Å². The van der Waals surface area contributed by atoms with E-state index in [4.69, 9.17) is 5.73 Å². The first-order valence-corrected chi connectivity index (χ1v) is 10.3. The molecule has 0 aliphatic heterocycles. The molecule has 0 bridgehead atoms. The van der Waals surface area contributed by atoms with E-state index >= 15 is 0 Å². The van der Waals surface area contributed by atoms with Crippen molar-refractivity contribution >= 4 is 23.2 Å². The summed E-state index contributed by atoms with van der Waals surface area (Å²) in [6.07, 6.45) is 0.498. The molecule has 1 aromatic heterocycles. The Kier molecular flexibility index (Phi) is 7.32. The zero-order valence-electron chi connectivity index (χ0n) is 17.2. The third-order valence-electron chi connectivity index (χ3n) is 4.69. The molecule has 0 aliphatic carbocycles. The molecule has 1 heterocycles. The van der Waals surface area contributed by atoms with Gasteiger partial charge in [0, 0.05) is 6.54 Å². The molecule has 0 aliphatic rings. The molecule has 2 amide bonds. The number of hydrogen-bond acceptors (Lipinski definition) is 5. The fourth-order valence-corrected chi connectivity index (χ4v) is 3.48. The summed E-state index contributed by atoms with van der Waals surface area (Å²) in [5.74, 6) is -0.516. The molecule has 0 saturated carbocycles. The summed E-state index contributed by atoms with van der Waals surface area (Å²) < 4.78 is 0. The minimum atomic E-state index is -0.669. The number of carbonyl (C=O) groups excluding carboxylic acids is 2. The van der Waals surface area contributed by atoms with Gasteiger partial charge in [-0.1, -0.05) is 52.0 Å². The van der Waals surface area contributed by atoms with Gasteiger partial charge in [0.1, 0.15) is 6.04 Å². The first-order chi connectivity index (χ1) is 13.1. The maximum Gasteiger partial charge on any atom is 0.242 e. The van der Waals surface area contributed by atoms with E-state index in [0.717, 1.165) is 21.7 Å². The minimum absolute atomic E-state index is 0.209. The first-order valence-electron chi connectivity index (χ1n) is 9.46. The fraction of sp³-hybridized carbons (Fsp3) is 0.476. The summed E-state index contributed by atoms with van der Waals surface area (Å²) in [7, 11) is 0. The Hall–Kier alpha value is -2.25. The molecule has 0 radical (unpaired) electrons. The Bertz CT molecular complexity index is 809. The lowest BCUT2D eigenvalue weighted by molar-refractivity contribution is -0.131. The van der Waals surface area contributed by atoms with Crippen LogP contribution >= 0.6 is 11.3 Å². The second-order valence-electron chi connectivity index (χ2n) is 7.99. The van der Waals surface area contributed by atoms with Gasteiger partial charge in [0.15, 0.2) is 0 Å². The van der Waals surface area contributed by atoms with Gasteiger partial charge in [-0.05, 0) is 29.9 Å². The molecule has 152 valence electrons. The molecule has 0 saturated heterocycles. The van der Waals surface area contributed by atoms with Gasteiger partial charge in [-0.2, -0.15) is 0 Å². The third kappa shape index (κ3) is 5.62. The van der Waals surface area contributed by atoms with Crippen LogP contribution in [0.4, 0.5) is 0 Å². The molecule has 7 heteroatoms. The van der Waals surface area contributed by atoms with Crippen LogP contribution in [0.2, 0.25) is 0 Å². The molecule has 4 N–H and O–H groups in total. The quantitative estimate of drug-likeness (QED) is 0.663. The van der Waals surface area contributed by atoms with Crippen molar-refractivity contribution in [2.75, 3.05) is 0 Å². The van der Waals surface area contributed by atoms with Crippen molar-refractivity contribution in [3.63, 3.8) is 0 Å². The number of aromatic nitrogens is 1. The average molecular weight is 403 g/mol. The van der Waals surface area contributed by atoms with Crippen LogP contribution in [0.5, 0.6) is 0 Å². The van der Waals surface area contributed by atoms with E-state index in [0.29, 0.717) is 13.0 Å². The molecule has 28 heavy (non-hydrogen) atoms. The summed E-state index contributed by atoms with van der Waals surface area (Å²) >= 11 is 1.61. The highest BCUT2D eigenvalue weighted by Crippen LogP contribution is 2.27. The fourth-order valence-electron chi connectivity index (χ4n) is 2.67. The summed E-state index contributed by atoms with van der Waals surface area (Å²) in [5.41, 5.74) is 10.6. The van der Waals surface area contributed by atoms with Gasteiger partial charge in [-0.15, -0.1) is 11.3 Å². The number of hydrogen-bond donors (Lipinski definition) is 3. The van der Waals surface area contributed by atoms with E-state index in [1.54, 1.807) is 11.3 Å². The lowest BCUT2D eigenvalue weighted by Gasteiger charge is -2.27. The molecule has 0 unspecified atom stereocenters. The van der Waals surface area contributed by atoms with E-state index < -0.39 is 12.1 Å². The van der Waals surface area contributed by atoms with Crippen LogP contribution < -0.4 is 16.4 Å². The molecule has 0 spiro atoms. The predicted molar refractivity (Wildman–Crippen MR) is 114 cm³/mol. The molecular weight excluding hydrogens is 372 g/mol. The van der Waals surface area contributed by atoms with Crippen molar-refractivity contribution in [3.05, 3.63) is 41.0 Å². The predicted octanol–water partition coefficient (Wildman–Crippen LogP) is 3.00. The maximum atomic E-state index is 12.5. The number of benzene rings is 1. The van der Waals surface area contributed by atoms with Gasteiger partial charge < -0.3 is 16.4 Å². The normalized spacial score (nSPS) is 13.6. The summed E-state index contributed by atoms with van der Waals surface area (Å²) in [5, 5.41) is 5.66. The van der Waals surface area contributed by atoms with Crippen LogP contribution in [-0.2, 0) is 16.1 Å². The largest absolute Gasteiger partial charge is 0.350 e. The van der Waals surface area contributed by atoms with Gasteiger partial charge in [0.25, 0.3) is 0 Å². The van der Waals surface area contributed by atoms with Gasteiger partial charge in [-0.3, -0.25) is 9.59 Å². The van der Waals surface area contributed by atoms with E-state index in [9.17, 15) is 9.59 Å². The van der Waals surface area contributed by atoms with E-state index in [2.05, 4.69) is 15.6 Å². The van der Waals surface area contributed by atoms with Crippen LogP contribution in [0.1, 0.15) is 45.4 Å². The van der Waals surface area contributed by atoms with Crippen molar-refractivity contribution in [1.82, 2.24) is 15.6 Å². The molecule has 6 nitrogen and oxygen atoms in total. The highest BCUT2D eigenvalue weighted by Gasteiger charge is 2.30. The van der Waals surface area contributed by atoms with Crippen LogP contribution in [0, 0.1) is 12.3 Å². The molecule has 2 atom stereocenters. The zero-order valence-corrected chi connectivity index (χ0v) is 18.0. The Morgan fingerprint density at radius 3 is 2.32 bits per heavy atom. The highest BCUT2D eigenvalue weighted by molar-refractivity contribution is 7.13. The Balaban J connectivity index is 1.93. The van der Waals surface area contributed by atoms with E-state index in [1.165, 1.54) is 0 Å². The van der Waals surface area contributed by atoms with Crippen LogP contribution in [0.15, 0.2) is 29.8 Å². The highest BCUT2D eigenvalue weighted by atomic mass is 32.1. The van der Waals surface area contributed by atoms with Gasteiger partial charge in [0.2, 0.25) is 11.8 Å². The van der Waals surface area contributed by atoms with Crippen molar-refractivity contribution < 1.29 is 9.59 Å². The average Bonchev–Trinajstić information content (AvgIpc) is 3.08. The van der Waals surface area contributed by atoms with Gasteiger partial charge in [0.05, 0.1) is 22.1 Å². The second kappa shape index (κ2) is 9.30.